The smallest absolute Gasteiger partial charge is 0.335 e. The normalized spacial score (nSPS) is 32.7. The Labute approximate surface area is 191 Å². The molecular weight excluding hydrogens is 422 g/mol. The van der Waals surface area contributed by atoms with Gasteiger partial charge in [-0.05, 0) is 37.0 Å². The Morgan fingerprint density at radius 3 is 3.00 bits per heavy atom. The van der Waals surface area contributed by atoms with Gasteiger partial charge in [-0.3, -0.25) is 10.1 Å². The van der Waals surface area contributed by atoms with E-state index in [1.165, 1.54) is 7.11 Å². The van der Waals surface area contributed by atoms with Crippen molar-refractivity contribution in [2.75, 3.05) is 20.4 Å². The number of esters is 1. The molecule has 6 rings (SSSR count). The van der Waals surface area contributed by atoms with E-state index in [0.29, 0.717) is 32.4 Å². The topological polar surface area (TPSA) is 92.9 Å². The van der Waals surface area contributed by atoms with Gasteiger partial charge in [-0.25, -0.2) is 4.79 Å². The molecule has 3 aliphatic heterocycles. The Hall–Kier alpha value is -2.94. The van der Waals surface area contributed by atoms with Gasteiger partial charge in [0.2, 0.25) is 5.91 Å². The number of H-pyrrole nitrogens is 1. The number of rotatable bonds is 3. The lowest BCUT2D eigenvalue weighted by Crippen LogP contribution is -2.71. The molecule has 8 nitrogen and oxygen atoms in total. The van der Waals surface area contributed by atoms with E-state index in [1.807, 2.05) is 42.5 Å². The van der Waals surface area contributed by atoms with Crippen LogP contribution in [0.2, 0.25) is 0 Å². The van der Waals surface area contributed by atoms with Crippen molar-refractivity contribution < 1.29 is 23.8 Å². The van der Waals surface area contributed by atoms with Gasteiger partial charge in [0.15, 0.2) is 11.1 Å². The zero-order valence-electron chi connectivity index (χ0n) is 18.5. The summed E-state index contributed by atoms with van der Waals surface area (Å²) in [6, 6.07) is 7.70. The fourth-order valence-electron chi connectivity index (χ4n) is 6.18. The molecule has 4 heterocycles. The number of aromatic nitrogens is 1. The first kappa shape index (κ1) is 20.7. The van der Waals surface area contributed by atoms with E-state index < -0.39 is 29.3 Å². The molecule has 172 valence electrons. The molecule has 2 fully saturated rings. The van der Waals surface area contributed by atoms with Gasteiger partial charge in [0.25, 0.3) is 0 Å². The third kappa shape index (κ3) is 2.74. The molecule has 1 aromatic heterocycles. The van der Waals surface area contributed by atoms with Gasteiger partial charge in [-0.1, -0.05) is 36.4 Å². The predicted molar refractivity (Wildman–Crippen MR) is 120 cm³/mol. The summed E-state index contributed by atoms with van der Waals surface area (Å²) in [7, 11) is 1.37. The number of carbonyl (C=O) groups excluding carboxylic acids is 2. The third-order valence-corrected chi connectivity index (χ3v) is 7.66. The molecule has 4 aliphatic rings. The minimum Gasteiger partial charge on any atom is -0.467 e. The standard InChI is InChI=1S/C25H27N3O5/c1-31-23(30)24(25-11-5-4-9-21(25)32-15-33-25)10-6-12-28(24)22(29)19-13-17-16-7-2-3-8-18(16)27-20(17)14-26-19/h2-5,7-9,11,19,21,26-27H,6,10,12-15H2,1H3/t19-,21?,24-,25+/m0/s1. The quantitative estimate of drug-likeness (QED) is 0.696. The summed E-state index contributed by atoms with van der Waals surface area (Å²) in [5.41, 5.74) is 0.931. The van der Waals surface area contributed by atoms with Crippen molar-refractivity contribution in [3.8, 4) is 0 Å². The summed E-state index contributed by atoms with van der Waals surface area (Å²) >= 11 is 0. The molecule has 0 bridgehead atoms. The number of likely N-dealkylation sites (tertiary alicyclic amines) is 1. The van der Waals surface area contributed by atoms with Crippen molar-refractivity contribution in [1.29, 1.82) is 0 Å². The van der Waals surface area contributed by atoms with Gasteiger partial charge in [0, 0.05) is 29.7 Å². The van der Waals surface area contributed by atoms with E-state index in [4.69, 9.17) is 14.2 Å². The summed E-state index contributed by atoms with van der Waals surface area (Å²) in [5, 5.41) is 4.53. The van der Waals surface area contributed by atoms with Gasteiger partial charge in [0.1, 0.15) is 12.9 Å². The number of hydrogen-bond donors (Lipinski definition) is 2. The summed E-state index contributed by atoms with van der Waals surface area (Å²) in [4.78, 5) is 32.7. The molecule has 2 N–H and O–H groups in total. The van der Waals surface area contributed by atoms with Gasteiger partial charge in [-0.15, -0.1) is 0 Å². The minimum absolute atomic E-state index is 0.0561. The highest BCUT2D eigenvalue weighted by molar-refractivity contribution is 5.94. The van der Waals surface area contributed by atoms with E-state index in [9.17, 15) is 9.59 Å². The summed E-state index contributed by atoms with van der Waals surface area (Å²) in [6.45, 7) is 1.08. The van der Waals surface area contributed by atoms with Gasteiger partial charge in [0.05, 0.1) is 13.2 Å². The Morgan fingerprint density at radius 2 is 2.12 bits per heavy atom. The molecule has 2 saturated heterocycles. The molecule has 1 aliphatic carbocycles. The highest BCUT2D eigenvalue weighted by atomic mass is 16.7. The van der Waals surface area contributed by atoms with Gasteiger partial charge >= 0.3 is 5.97 Å². The molecule has 4 atom stereocenters. The number of methoxy groups -OCH3 is 1. The average molecular weight is 450 g/mol. The summed E-state index contributed by atoms with van der Waals surface area (Å²) < 4.78 is 17.3. The van der Waals surface area contributed by atoms with Crippen molar-refractivity contribution in [2.24, 2.45) is 0 Å². The highest BCUT2D eigenvalue weighted by Crippen LogP contribution is 2.49. The Morgan fingerprint density at radius 1 is 1.24 bits per heavy atom. The zero-order chi connectivity index (χ0) is 22.6. The van der Waals surface area contributed by atoms with Crippen molar-refractivity contribution >= 4 is 22.8 Å². The van der Waals surface area contributed by atoms with Crippen LogP contribution in [0.5, 0.6) is 0 Å². The first-order valence-electron chi connectivity index (χ1n) is 11.4. The van der Waals surface area contributed by atoms with Crippen LogP contribution in [0, 0.1) is 0 Å². The van der Waals surface area contributed by atoms with E-state index in [2.05, 4.69) is 16.4 Å². The van der Waals surface area contributed by atoms with Crippen molar-refractivity contribution in [2.45, 2.75) is 49.1 Å². The molecule has 1 unspecified atom stereocenters. The van der Waals surface area contributed by atoms with Crippen LogP contribution < -0.4 is 5.32 Å². The van der Waals surface area contributed by atoms with Gasteiger partial charge < -0.3 is 24.1 Å². The van der Waals surface area contributed by atoms with Crippen LogP contribution >= 0.6 is 0 Å². The summed E-state index contributed by atoms with van der Waals surface area (Å²) in [6.07, 6.45) is 8.70. The van der Waals surface area contributed by atoms with Gasteiger partial charge in [-0.2, -0.15) is 0 Å². The lowest BCUT2D eigenvalue weighted by atomic mass is 9.71. The second-order valence-corrected chi connectivity index (χ2v) is 9.10. The van der Waals surface area contributed by atoms with E-state index in [1.54, 1.807) is 4.90 Å². The lowest BCUT2D eigenvalue weighted by molar-refractivity contribution is -0.177. The number of para-hydroxylation sites is 1. The fraction of sp³-hybridized carbons (Fsp3) is 0.440. The number of benzene rings is 1. The maximum Gasteiger partial charge on any atom is 0.335 e. The highest BCUT2D eigenvalue weighted by Gasteiger charge is 2.69. The first-order chi connectivity index (χ1) is 16.1. The maximum atomic E-state index is 14.0. The molecule has 1 aromatic carbocycles. The first-order valence-corrected chi connectivity index (χ1v) is 11.4. The van der Waals surface area contributed by atoms with Crippen LogP contribution in [0.25, 0.3) is 10.9 Å². The largest absolute Gasteiger partial charge is 0.467 e. The molecule has 2 aromatic rings. The maximum absolute atomic E-state index is 14.0. The number of nitrogens with one attached hydrogen (secondary N) is 2. The average Bonchev–Trinajstić information content (AvgIpc) is 3.58. The van der Waals surface area contributed by atoms with E-state index >= 15 is 0 Å². The number of amides is 1. The van der Waals surface area contributed by atoms with Crippen LogP contribution in [-0.2, 0) is 36.8 Å². The monoisotopic (exact) mass is 449 g/mol. The molecular formula is C25H27N3O5. The number of carbonyl (C=O) groups is 2. The number of ether oxygens (including phenoxy) is 3. The second kappa shape index (κ2) is 7.55. The lowest BCUT2D eigenvalue weighted by Gasteiger charge is -2.49. The number of hydrogen-bond acceptors (Lipinski definition) is 6. The van der Waals surface area contributed by atoms with Crippen LogP contribution in [0.4, 0.5) is 0 Å². The zero-order valence-corrected chi connectivity index (χ0v) is 18.5. The number of allylic oxidation sites excluding steroid dienone is 2. The number of aromatic amines is 1. The molecule has 0 radical (unpaired) electrons. The molecule has 33 heavy (non-hydrogen) atoms. The molecule has 0 saturated carbocycles. The fourth-order valence-corrected chi connectivity index (χ4v) is 6.18. The van der Waals surface area contributed by atoms with Crippen molar-refractivity contribution in [1.82, 2.24) is 15.2 Å². The minimum atomic E-state index is -1.29. The van der Waals surface area contributed by atoms with E-state index in [-0.39, 0.29) is 12.7 Å². The Kier molecular flexibility index (Phi) is 4.72. The number of nitrogens with zero attached hydrogens (tertiary/aromatic N) is 1. The van der Waals surface area contributed by atoms with Crippen LogP contribution in [0.15, 0.2) is 48.6 Å². The summed E-state index contributed by atoms with van der Waals surface area (Å²) in [5.74, 6) is -0.576. The van der Waals surface area contributed by atoms with Crippen LogP contribution in [0.1, 0.15) is 24.1 Å². The molecule has 8 heteroatoms. The third-order valence-electron chi connectivity index (χ3n) is 7.66. The van der Waals surface area contributed by atoms with Crippen LogP contribution in [0.3, 0.4) is 0 Å². The Bertz CT molecular complexity index is 1190. The van der Waals surface area contributed by atoms with E-state index in [0.717, 1.165) is 22.2 Å². The van der Waals surface area contributed by atoms with Crippen LogP contribution in [-0.4, -0.2) is 65.5 Å². The SMILES string of the molecule is COC(=O)[C@]1([C@@]23C=CC=CC2OCO3)CCCN1C(=O)[C@@H]1Cc2c([nH]c3ccccc23)CN1. The van der Waals surface area contributed by atoms with Crippen molar-refractivity contribution in [3.63, 3.8) is 0 Å². The van der Waals surface area contributed by atoms with Crippen molar-refractivity contribution in [3.05, 3.63) is 59.8 Å². The molecule has 1 amide bonds. The number of fused-ring (bicyclic) bond motifs is 4. The predicted octanol–water partition coefficient (Wildman–Crippen LogP) is 1.95. The second-order valence-electron chi connectivity index (χ2n) is 9.10. The molecule has 0 spiro atoms. The Balaban J connectivity index is 1.38.